The molecule has 0 unspecified atom stereocenters. The quantitative estimate of drug-likeness (QED) is 0.866. The van der Waals surface area contributed by atoms with Gasteiger partial charge in [0, 0.05) is 47.0 Å². The third-order valence-electron chi connectivity index (χ3n) is 2.35. The third kappa shape index (κ3) is 3.27. The average Bonchev–Trinajstić information content (AvgIpc) is 2.28. The number of carbonyl (C=O) groups excluding carboxylic acids is 1. The van der Waals surface area contributed by atoms with Crippen LogP contribution in [0.2, 0.25) is 0 Å². The van der Waals surface area contributed by atoms with E-state index >= 15 is 0 Å². The number of carbonyl (C=O) groups is 1. The molecule has 1 aromatic carbocycles. The fraction of sp³-hybridized carbons (Fsp3) is 0.417. The first kappa shape index (κ1) is 13.2. The van der Waals surface area contributed by atoms with Crippen molar-refractivity contribution in [3.05, 3.63) is 18.2 Å². The normalized spacial score (nSPS) is 9.71. The minimum atomic E-state index is -0.469. The van der Waals surface area contributed by atoms with E-state index in [1.165, 1.54) is 7.05 Å². The van der Waals surface area contributed by atoms with Crippen molar-refractivity contribution < 1.29 is 9.53 Å². The topological polar surface area (TPSA) is 44.8 Å². The van der Waals surface area contributed by atoms with Gasteiger partial charge in [0.15, 0.2) is 5.75 Å². The Morgan fingerprint density at radius 3 is 2.29 bits per heavy atom. The van der Waals surface area contributed by atoms with Crippen LogP contribution in [0.5, 0.6) is 5.75 Å². The van der Waals surface area contributed by atoms with Gasteiger partial charge < -0.3 is 19.9 Å². The number of ether oxygens (including phenoxy) is 1. The van der Waals surface area contributed by atoms with Gasteiger partial charge in [-0.3, -0.25) is 0 Å². The molecule has 94 valence electrons. The van der Waals surface area contributed by atoms with Crippen LogP contribution < -0.4 is 19.9 Å². The molecule has 0 atom stereocenters. The molecule has 0 fully saturated rings. The molecule has 5 heteroatoms. The first-order valence-electron chi connectivity index (χ1n) is 5.34. The molecule has 1 rings (SSSR count). The van der Waals surface area contributed by atoms with Crippen molar-refractivity contribution in [2.24, 2.45) is 0 Å². The van der Waals surface area contributed by atoms with Gasteiger partial charge in [0.25, 0.3) is 0 Å². The Kier molecular flexibility index (Phi) is 4.20. The highest BCUT2D eigenvalue weighted by Crippen LogP contribution is 2.31. The molecule has 0 aliphatic heterocycles. The fourth-order valence-corrected chi connectivity index (χ4v) is 1.38. The molecule has 0 bridgehead atoms. The Morgan fingerprint density at radius 2 is 1.82 bits per heavy atom. The van der Waals surface area contributed by atoms with Crippen molar-refractivity contribution in [3.63, 3.8) is 0 Å². The first-order chi connectivity index (χ1) is 7.95. The number of benzene rings is 1. The number of anilines is 2. The van der Waals surface area contributed by atoms with E-state index in [4.69, 9.17) is 4.74 Å². The minimum absolute atomic E-state index is 0.469. The summed E-state index contributed by atoms with van der Waals surface area (Å²) in [7, 11) is 9.22. The zero-order valence-corrected chi connectivity index (χ0v) is 10.9. The summed E-state index contributed by atoms with van der Waals surface area (Å²) < 4.78 is 5.23. The van der Waals surface area contributed by atoms with Crippen molar-refractivity contribution in [1.82, 2.24) is 5.32 Å². The van der Waals surface area contributed by atoms with Crippen molar-refractivity contribution >= 4 is 17.5 Å². The van der Waals surface area contributed by atoms with Crippen LogP contribution >= 0.6 is 0 Å². The zero-order chi connectivity index (χ0) is 13.0. The van der Waals surface area contributed by atoms with Crippen LogP contribution in [-0.4, -0.2) is 41.3 Å². The molecular formula is C12H19N3O2. The van der Waals surface area contributed by atoms with Crippen molar-refractivity contribution in [2.45, 2.75) is 0 Å². The highest BCUT2D eigenvalue weighted by molar-refractivity contribution is 5.75. The number of nitrogens with zero attached hydrogens (tertiary/aromatic N) is 2. The van der Waals surface area contributed by atoms with Crippen LogP contribution in [0.25, 0.3) is 0 Å². The maximum Gasteiger partial charge on any atom is 0.412 e. The second kappa shape index (κ2) is 5.43. The van der Waals surface area contributed by atoms with Gasteiger partial charge in [0.1, 0.15) is 0 Å². The third-order valence-corrected chi connectivity index (χ3v) is 2.35. The van der Waals surface area contributed by atoms with Crippen molar-refractivity contribution in [2.75, 3.05) is 45.0 Å². The Hall–Kier alpha value is -1.91. The second-order valence-electron chi connectivity index (χ2n) is 4.08. The molecule has 0 heterocycles. The van der Waals surface area contributed by atoms with E-state index in [1.807, 2.05) is 56.2 Å². The van der Waals surface area contributed by atoms with Crippen LogP contribution in [0.15, 0.2) is 18.2 Å². The van der Waals surface area contributed by atoms with Gasteiger partial charge in [-0.25, -0.2) is 4.79 Å². The highest BCUT2D eigenvalue weighted by atomic mass is 16.6. The molecule has 1 N–H and O–H groups in total. The van der Waals surface area contributed by atoms with E-state index in [0.717, 1.165) is 11.4 Å². The maximum absolute atomic E-state index is 11.3. The number of nitrogens with one attached hydrogen (secondary N) is 1. The Morgan fingerprint density at radius 1 is 1.18 bits per heavy atom. The van der Waals surface area contributed by atoms with Gasteiger partial charge in [0.2, 0.25) is 0 Å². The molecular weight excluding hydrogens is 218 g/mol. The standard InChI is InChI=1S/C12H19N3O2/c1-13-12(16)17-11-8-9(14(2)3)6-7-10(11)15(4)5/h6-8H,1-5H3,(H,13,16). The molecule has 1 amide bonds. The fourth-order valence-electron chi connectivity index (χ4n) is 1.38. The lowest BCUT2D eigenvalue weighted by Crippen LogP contribution is -2.23. The van der Waals surface area contributed by atoms with Gasteiger partial charge in [-0.05, 0) is 12.1 Å². The van der Waals surface area contributed by atoms with E-state index in [0.29, 0.717) is 5.75 Å². The van der Waals surface area contributed by atoms with Gasteiger partial charge in [-0.1, -0.05) is 0 Å². The smallest absolute Gasteiger partial charge is 0.408 e. The van der Waals surface area contributed by atoms with Crippen molar-refractivity contribution in [3.8, 4) is 5.75 Å². The number of hydrogen-bond donors (Lipinski definition) is 1. The molecule has 17 heavy (non-hydrogen) atoms. The van der Waals surface area contributed by atoms with E-state index in [-0.39, 0.29) is 0 Å². The van der Waals surface area contributed by atoms with Crippen molar-refractivity contribution in [1.29, 1.82) is 0 Å². The van der Waals surface area contributed by atoms with E-state index in [9.17, 15) is 4.79 Å². The molecule has 0 aromatic heterocycles. The van der Waals surface area contributed by atoms with Gasteiger partial charge in [0.05, 0.1) is 5.69 Å². The Bertz CT molecular complexity index is 403. The van der Waals surface area contributed by atoms with Crippen LogP contribution in [-0.2, 0) is 0 Å². The average molecular weight is 237 g/mol. The molecule has 1 aromatic rings. The molecule has 0 radical (unpaired) electrons. The summed E-state index contributed by atoms with van der Waals surface area (Å²) in [6.07, 6.45) is -0.469. The lowest BCUT2D eigenvalue weighted by atomic mass is 10.2. The number of rotatable bonds is 3. The number of hydrogen-bond acceptors (Lipinski definition) is 4. The lowest BCUT2D eigenvalue weighted by Gasteiger charge is -2.20. The summed E-state index contributed by atoms with van der Waals surface area (Å²) in [5.74, 6) is 0.542. The molecule has 0 aliphatic carbocycles. The van der Waals surface area contributed by atoms with Gasteiger partial charge in [-0.15, -0.1) is 0 Å². The maximum atomic E-state index is 11.3. The van der Waals surface area contributed by atoms with Gasteiger partial charge >= 0.3 is 6.09 Å². The Balaban J connectivity index is 3.11. The molecule has 0 spiro atoms. The van der Waals surface area contributed by atoms with Crippen LogP contribution in [0.1, 0.15) is 0 Å². The SMILES string of the molecule is CNC(=O)Oc1cc(N(C)C)ccc1N(C)C. The summed E-state index contributed by atoms with van der Waals surface area (Å²) >= 11 is 0. The van der Waals surface area contributed by atoms with E-state index < -0.39 is 6.09 Å². The monoisotopic (exact) mass is 237 g/mol. The minimum Gasteiger partial charge on any atom is -0.408 e. The first-order valence-corrected chi connectivity index (χ1v) is 5.34. The summed E-state index contributed by atoms with van der Waals surface area (Å²) in [6, 6.07) is 5.74. The summed E-state index contributed by atoms with van der Waals surface area (Å²) in [5.41, 5.74) is 1.84. The summed E-state index contributed by atoms with van der Waals surface area (Å²) in [6.45, 7) is 0. The second-order valence-corrected chi connectivity index (χ2v) is 4.08. The van der Waals surface area contributed by atoms with Crippen LogP contribution in [0, 0.1) is 0 Å². The molecule has 0 aliphatic rings. The van der Waals surface area contributed by atoms with E-state index in [2.05, 4.69) is 5.32 Å². The van der Waals surface area contributed by atoms with Gasteiger partial charge in [-0.2, -0.15) is 0 Å². The molecule has 5 nitrogen and oxygen atoms in total. The predicted molar refractivity (Wildman–Crippen MR) is 70.2 cm³/mol. The largest absolute Gasteiger partial charge is 0.412 e. The highest BCUT2D eigenvalue weighted by Gasteiger charge is 2.11. The van der Waals surface area contributed by atoms with Crippen LogP contribution in [0.3, 0.4) is 0 Å². The Labute approximate surface area is 102 Å². The summed E-state index contributed by atoms with van der Waals surface area (Å²) in [5, 5.41) is 2.44. The molecule has 0 saturated heterocycles. The summed E-state index contributed by atoms with van der Waals surface area (Å²) in [4.78, 5) is 15.1. The van der Waals surface area contributed by atoms with E-state index in [1.54, 1.807) is 0 Å². The number of amides is 1. The predicted octanol–water partition coefficient (Wildman–Crippen LogP) is 1.54. The van der Waals surface area contributed by atoms with Crippen LogP contribution in [0.4, 0.5) is 16.2 Å². The zero-order valence-electron chi connectivity index (χ0n) is 10.9. The molecule has 0 saturated carbocycles. The lowest BCUT2D eigenvalue weighted by molar-refractivity contribution is 0.203.